The summed E-state index contributed by atoms with van der Waals surface area (Å²) in [4.78, 5) is 20.4. The average Bonchev–Trinajstić information content (AvgIpc) is 3.30. The molecule has 1 unspecified atom stereocenters. The smallest absolute Gasteiger partial charge is 0.417 e. The van der Waals surface area contributed by atoms with Crippen molar-refractivity contribution >= 4 is 17.2 Å². The molecular formula is C25H22F3N3O2. The standard InChI is InChI=1S/C25H22F3N3O2/c1-16(18-7-8-19(12-18)24(32)31-21-5-3-11-29-15-21)17-4-2-6-22(13-17)33-23-10-9-20(14-30-23)25(26,27)28/h2-6,9-11,13-15,19H,7-8,12H2,1H3,(H,31,32). The zero-order valence-corrected chi connectivity index (χ0v) is 17.9. The highest BCUT2D eigenvalue weighted by atomic mass is 19.4. The van der Waals surface area contributed by atoms with Gasteiger partial charge in [-0.3, -0.25) is 9.78 Å². The van der Waals surface area contributed by atoms with Crippen molar-refractivity contribution in [2.45, 2.75) is 32.4 Å². The SMILES string of the molecule is CC(=C1CCC(C(=O)Nc2cccnc2)C1)c1cccc(Oc2ccc(C(F)(F)F)cn2)c1. The van der Waals surface area contributed by atoms with E-state index in [-0.39, 0.29) is 17.7 Å². The number of nitrogens with one attached hydrogen (secondary N) is 1. The number of carbonyl (C=O) groups is 1. The third kappa shape index (κ3) is 5.58. The van der Waals surface area contributed by atoms with Crippen molar-refractivity contribution in [3.63, 3.8) is 0 Å². The number of alkyl halides is 3. The maximum absolute atomic E-state index is 12.7. The Morgan fingerprint density at radius 1 is 1.12 bits per heavy atom. The Hall–Kier alpha value is -3.68. The van der Waals surface area contributed by atoms with E-state index in [1.165, 1.54) is 11.6 Å². The lowest BCUT2D eigenvalue weighted by atomic mass is 9.99. The molecule has 2 aromatic heterocycles. The molecule has 1 N–H and O–H groups in total. The molecule has 1 aromatic carbocycles. The Kier molecular flexibility index (Phi) is 6.44. The van der Waals surface area contributed by atoms with Gasteiger partial charge in [-0.15, -0.1) is 0 Å². The second-order valence-electron chi connectivity index (χ2n) is 7.91. The van der Waals surface area contributed by atoms with Crippen LogP contribution in [0.25, 0.3) is 5.57 Å². The molecule has 1 aliphatic rings. The number of nitrogens with zero attached hydrogens (tertiary/aromatic N) is 2. The molecule has 1 amide bonds. The Morgan fingerprint density at radius 2 is 1.97 bits per heavy atom. The Balaban J connectivity index is 1.44. The van der Waals surface area contributed by atoms with E-state index >= 15 is 0 Å². The maximum Gasteiger partial charge on any atom is 0.417 e. The summed E-state index contributed by atoms with van der Waals surface area (Å²) >= 11 is 0. The summed E-state index contributed by atoms with van der Waals surface area (Å²) in [5.74, 6) is 0.434. The number of pyridine rings is 2. The van der Waals surface area contributed by atoms with Crippen LogP contribution in [-0.2, 0) is 11.0 Å². The second-order valence-corrected chi connectivity index (χ2v) is 7.91. The number of amides is 1. The molecule has 33 heavy (non-hydrogen) atoms. The minimum atomic E-state index is -4.44. The summed E-state index contributed by atoms with van der Waals surface area (Å²) < 4.78 is 43.8. The Labute approximate surface area is 189 Å². The van der Waals surface area contributed by atoms with Crippen molar-refractivity contribution in [2.75, 3.05) is 5.32 Å². The summed E-state index contributed by atoms with van der Waals surface area (Å²) in [5.41, 5.74) is 3.05. The highest BCUT2D eigenvalue weighted by molar-refractivity contribution is 5.93. The predicted octanol–water partition coefficient (Wildman–Crippen LogP) is 6.50. The Bertz CT molecular complexity index is 1160. The predicted molar refractivity (Wildman–Crippen MR) is 119 cm³/mol. The van der Waals surface area contributed by atoms with Gasteiger partial charge in [0.25, 0.3) is 0 Å². The number of benzene rings is 1. The average molecular weight is 453 g/mol. The number of carbonyl (C=O) groups excluding carboxylic acids is 1. The molecule has 0 bridgehead atoms. The zero-order valence-electron chi connectivity index (χ0n) is 17.9. The first kappa shape index (κ1) is 22.5. The molecule has 8 heteroatoms. The molecule has 0 saturated heterocycles. The van der Waals surface area contributed by atoms with Gasteiger partial charge in [0, 0.05) is 24.4 Å². The van der Waals surface area contributed by atoms with Crippen molar-refractivity contribution in [1.29, 1.82) is 0 Å². The van der Waals surface area contributed by atoms with Crippen molar-refractivity contribution in [3.8, 4) is 11.6 Å². The lowest BCUT2D eigenvalue weighted by Gasteiger charge is -2.12. The molecule has 2 heterocycles. The molecular weight excluding hydrogens is 431 g/mol. The van der Waals surface area contributed by atoms with Gasteiger partial charge in [-0.2, -0.15) is 13.2 Å². The second kappa shape index (κ2) is 9.44. The van der Waals surface area contributed by atoms with Crippen LogP contribution in [0.4, 0.5) is 18.9 Å². The quantitative estimate of drug-likeness (QED) is 0.479. The largest absolute Gasteiger partial charge is 0.439 e. The minimum absolute atomic E-state index is 0.0173. The number of anilines is 1. The number of aromatic nitrogens is 2. The highest BCUT2D eigenvalue weighted by Crippen LogP contribution is 2.37. The van der Waals surface area contributed by atoms with Crippen LogP contribution in [0, 0.1) is 5.92 Å². The molecule has 0 radical (unpaired) electrons. The normalized spacial score (nSPS) is 17.5. The van der Waals surface area contributed by atoms with Crippen LogP contribution in [0.15, 0.2) is 72.7 Å². The number of ether oxygens (including phenoxy) is 1. The fraction of sp³-hybridized carbons (Fsp3) is 0.240. The third-order valence-corrected chi connectivity index (χ3v) is 5.67. The fourth-order valence-electron chi connectivity index (χ4n) is 3.82. The van der Waals surface area contributed by atoms with E-state index in [1.807, 2.05) is 25.1 Å². The van der Waals surface area contributed by atoms with Crippen molar-refractivity contribution in [2.24, 2.45) is 5.92 Å². The van der Waals surface area contributed by atoms with Gasteiger partial charge < -0.3 is 10.1 Å². The topological polar surface area (TPSA) is 64.1 Å². The number of halogens is 3. The Morgan fingerprint density at radius 3 is 2.67 bits per heavy atom. The first-order chi connectivity index (χ1) is 15.8. The van der Waals surface area contributed by atoms with Crippen LogP contribution in [0.5, 0.6) is 11.6 Å². The number of hydrogen-bond acceptors (Lipinski definition) is 4. The zero-order chi connectivity index (χ0) is 23.4. The van der Waals surface area contributed by atoms with Gasteiger partial charge in [-0.1, -0.05) is 17.7 Å². The van der Waals surface area contributed by atoms with E-state index in [0.717, 1.165) is 36.2 Å². The van der Waals surface area contributed by atoms with Crippen LogP contribution in [0.2, 0.25) is 0 Å². The van der Waals surface area contributed by atoms with Gasteiger partial charge in [-0.25, -0.2) is 4.98 Å². The van der Waals surface area contributed by atoms with E-state index < -0.39 is 11.7 Å². The number of hydrogen-bond donors (Lipinski definition) is 1. The number of rotatable bonds is 5. The highest BCUT2D eigenvalue weighted by Gasteiger charge is 2.31. The molecule has 1 aliphatic carbocycles. The summed E-state index contributed by atoms with van der Waals surface area (Å²) in [6.45, 7) is 2.01. The van der Waals surface area contributed by atoms with Crippen LogP contribution < -0.4 is 10.1 Å². The van der Waals surface area contributed by atoms with Gasteiger partial charge in [0.15, 0.2) is 0 Å². The minimum Gasteiger partial charge on any atom is -0.439 e. The van der Waals surface area contributed by atoms with Crippen LogP contribution in [-0.4, -0.2) is 15.9 Å². The maximum atomic E-state index is 12.7. The van der Waals surface area contributed by atoms with Crippen LogP contribution in [0.3, 0.4) is 0 Å². The van der Waals surface area contributed by atoms with Crippen molar-refractivity contribution in [1.82, 2.24) is 9.97 Å². The van der Waals surface area contributed by atoms with Gasteiger partial charge in [0.2, 0.25) is 11.8 Å². The van der Waals surface area contributed by atoms with Gasteiger partial charge >= 0.3 is 6.18 Å². The van der Waals surface area contributed by atoms with Crippen molar-refractivity contribution in [3.05, 3.63) is 83.8 Å². The van der Waals surface area contributed by atoms with Gasteiger partial charge in [0.05, 0.1) is 17.4 Å². The van der Waals surface area contributed by atoms with E-state index in [4.69, 9.17) is 4.74 Å². The summed E-state index contributed by atoms with van der Waals surface area (Å²) in [6, 6.07) is 13.0. The molecule has 170 valence electrons. The molecule has 1 atom stereocenters. The first-order valence-electron chi connectivity index (χ1n) is 10.5. The molecule has 0 spiro atoms. The fourth-order valence-corrected chi connectivity index (χ4v) is 3.82. The van der Waals surface area contributed by atoms with Crippen molar-refractivity contribution < 1.29 is 22.7 Å². The van der Waals surface area contributed by atoms with Crippen LogP contribution in [0.1, 0.15) is 37.3 Å². The lowest BCUT2D eigenvalue weighted by molar-refractivity contribution is -0.137. The molecule has 1 saturated carbocycles. The summed E-state index contributed by atoms with van der Waals surface area (Å²) in [5, 5.41) is 2.91. The van der Waals surface area contributed by atoms with Crippen LogP contribution >= 0.6 is 0 Å². The van der Waals surface area contributed by atoms with E-state index in [2.05, 4.69) is 15.3 Å². The first-order valence-corrected chi connectivity index (χ1v) is 10.5. The third-order valence-electron chi connectivity index (χ3n) is 5.67. The summed E-state index contributed by atoms with van der Waals surface area (Å²) in [7, 11) is 0. The monoisotopic (exact) mass is 453 g/mol. The number of allylic oxidation sites excluding steroid dienone is 2. The molecule has 0 aliphatic heterocycles. The lowest BCUT2D eigenvalue weighted by Crippen LogP contribution is -2.20. The van der Waals surface area contributed by atoms with E-state index in [1.54, 1.807) is 30.6 Å². The van der Waals surface area contributed by atoms with Gasteiger partial charge in [-0.05, 0) is 67.7 Å². The van der Waals surface area contributed by atoms with Gasteiger partial charge in [0.1, 0.15) is 5.75 Å². The molecule has 3 aromatic rings. The van der Waals surface area contributed by atoms with E-state index in [9.17, 15) is 18.0 Å². The molecule has 5 nitrogen and oxygen atoms in total. The molecule has 4 rings (SSSR count). The summed E-state index contributed by atoms with van der Waals surface area (Å²) in [6.07, 6.45) is 1.84. The molecule has 1 fully saturated rings. The van der Waals surface area contributed by atoms with E-state index in [0.29, 0.717) is 17.9 Å².